The second-order valence-electron chi connectivity index (χ2n) is 6.81. The molecular formula is C19H27N3O. The van der Waals surface area contributed by atoms with Crippen LogP contribution in [0.1, 0.15) is 62.7 Å². The van der Waals surface area contributed by atoms with Gasteiger partial charge < -0.3 is 4.42 Å². The third-order valence-corrected chi connectivity index (χ3v) is 4.64. The second-order valence-corrected chi connectivity index (χ2v) is 6.81. The van der Waals surface area contributed by atoms with E-state index in [9.17, 15) is 0 Å². The molecule has 0 aliphatic carbocycles. The highest BCUT2D eigenvalue weighted by Crippen LogP contribution is 2.23. The Hall–Kier alpha value is -1.68. The zero-order chi connectivity index (χ0) is 16.1. The number of hydrogen-bond acceptors (Lipinski definition) is 4. The summed E-state index contributed by atoms with van der Waals surface area (Å²) in [5.74, 6) is 1.20. The lowest BCUT2D eigenvalue weighted by molar-refractivity contribution is 0.130. The van der Waals surface area contributed by atoms with Crippen molar-refractivity contribution in [3.63, 3.8) is 0 Å². The van der Waals surface area contributed by atoms with Gasteiger partial charge in [0.2, 0.25) is 0 Å². The lowest BCUT2D eigenvalue weighted by Crippen LogP contribution is -2.39. The first-order chi connectivity index (χ1) is 11.2. The Morgan fingerprint density at radius 3 is 2.91 bits per heavy atom. The number of nitrogens with zero attached hydrogens (tertiary/aromatic N) is 3. The number of likely N-dealkylation sites (tertiary alicyclic amines) is 1. The highest BCUT2D eigenvalue weighted by atomic mass is 16.3. The van der Waals surface area contributed by atoms with Crippen molar-refractivity contribution < 1.29 is 4.42 Å². The van der Waals surface area contributed by atoms with Crippen molar-refractivity contribution >= 4 is 0 Å². The molecule has 1 aliphatic rings. The van der Waals surface area contributed by atoms with E-state index >= 15 is 0 Å². The molecule has 3 heterocycles. The van der Waals surface area contributed by atoms with Gasteiger partial charge in [0.15, 0.2) is 5.89 Å². The molecule has 2 aromatic heterocycles. The Morgan fingerprint density at radius 2 is 2.17 bits per heavy atom. The summed E-state index contributed by atoms with van der Waals surface area (Å²) in [5, 5.41) is 0. The first-order valence-electron chi connectivity index (χ1n) is 8.80. The number of aromatic nitrogens is 2. The quantitative estimate of drug-likeness (QED) is 0.802. The maximum atomic E-state index is 5.58. The molecule has 0 aromatic carbocycles. The van der Waals surface area contributed by atoms with Crippen LogP contribution in [0.5, 0.6) is 0 Å². The summed E-state index contributed by atoms with van der Waals surface area (Å²) in [6, 6.07) is 6.81. The summed E-state index contributed by atoms with van der Waals surface area (Å²) in [5.41, 5.74) is 2.26. The first kappa shape index (κ1) is 16.2. The van der Waals surface area contributed by atoms with Gasteiger partial charge in [0.25, 0.3) is 0 Å². The molecule has 0 N–H and O–H groups in total. The van der Waals surface area contributed by atoms with E-state index in [1.165, 1.54) is 31.4 Å². The fourth-order valence-corrected chi connectivity index (χ4v) is 3.32. The zero-order valence-corrected chi connectivity index (χ0v) is 14.2. The minimum absolute atomic E-state index is 0.352. The maximum Gasteiger partial charge on any atom is 0.196 e. The first-order valence-corrected chi connectivity index (χ1v) is 8.80. The maximum absolute atomic E-state index is 5.58. The Balaban J connectivity index is 1.59. The van der Waals surface area contributed by atoms with Crippen molar-refractivity contribution in [2.24, 2.45) is 0 Å². The van der Waals surface area contributed by atoms with Gasteiger partial charge in [0, 0.05) is 30.4 Å². The summed E-state index contributed by atoms with van der Waals surface area (Å²) in [7, 11) is 0. The van der Waals surface area contributed by atoms with E-state index in [0.717, 1.165) is 31.1 Å². The fourth-order valence-electron chi connectivity index (χ4n) is 3.32. The van der Waals surface area contributed by atoms with E-state index in [2.05, 4.69) is 40.8 Å². The van der Waals surface area contributed by atoms with Gasteiger partial charge in [-0.3, -0.25) is 9.88 Å². The van der Waals surface area contributed by atoms with E-state index < -0.39 is 0 Å². The Morgan fingerprint density at radius 1 is 1.26 bits per heavy atom. The van der Waals surface area contributed by atoms with Crippen molar-refractivity contribution in [2.45, 2.75) is 64.5 Å². The predicted octanol–water partition coefficient (Wildman–Crippen LogP) is 4.18. The van der Waals surface area contributed by atoms with Crippen molar-refractivity contribution in [2.75, 3.05) is 6.54 Å². The van der Waals surface area contributed by atoms with E-state index in [0.29, 0.717) is 12.0 Å². The molecule has 1 aliphatic heterocycles. The minimum atomic E-state index is 0.352. The average Bonchev–Trinajstić information content (AvgIpc) is 3.04. The monoisotopic (exact) mass is 313 g/mol. The third-order valence-electron chi connectivity index (χ3n) is 4.64. The average molecular weight is 313 g/mol. The van der Waals surface area contributed by atoms with Gasteiger partial charge in [0.1, 0.15) is 6.26 Å². The number of oxazole rings is 1. The molecule has 0 amide bonds. The van der Waals surface area contributed by atoms with Crippen LogP contribution in [0.4, 0.5) is 0 Å². The predicted molar refractivity (Wildman–Crippen MR) is 91.2 cm³/mol. The molecule has 3 rings (SSSR count). The molecule has 0 saturated carbocycles. The van der Waals surface area contributed by atoms with E-state index in [4.69, 9.17) is 4.42 Å². The van der Waals surface area contributed by atoms with E-state index in [-0.39, 0.29) is 0 Å². The molecule has 1 atom stereocenters. The van der Waals surface area contributed by atoms with Gasteiger partial charge in [-0.1, -0.05) is 26.3 Å². The number of piperidine rings is 1. The van der Waals surface area contributed by atoms with Crippen molar-refractivity contribution in [1.82, 2.24) is 14.9 Å². The Bertz CT molecular complexity index is 594. The summed E-state index contributed by atoms with van der Waals surface area (Å²) in [6.07, 6.45) is 9.84. The van der Waals surface area contributed by atoms with Crippen LogP contribution < -0.4 is 0 Å². The van der Waals surface area contributed by atoms with Gasteiger partial charge in [-0.05, 0) is 44.4 Å². The van der Waals surface area contributed by atoms with Crippen LogP contribution >= 0.6 is 0 Å². The van der Waals surface area contributed by atoms with Crippen molar-refractivity contribution in [1.29, 1.82) is 0 Å². The van der Waals surface area contributed by atoms with E-state index in [1.807, 2.05) is 18.5 Å². The van der Waals surface area contributed by atoms with Crippen LogP contribution in [0, 0.1) is 0 Å². The van der Waals surface area contributed by atoms with Gasteiger partial charge in [-0.2, -0.15) is 0 Å². The zero-order valence-electron chi connectivity index (χ0n) is 14.2. The molecule has 1 fully saturated rings. The van der Waals surface area contributed by atoms with E-state index in [1.54, 1.807) is 0 Å². The SMILES string of the molecule is CC(C)c1nc(CN2CCCC[C@H]2CCc2ccccn2)co1. The van der Waals surface area contributed by atoms with Gasteiger partial charge in [-0.25, -0.2) is 4.98 Å². The molecule has 124 valence electrons. The van der Waals surface area contributed by atoms with Crippen molar-refractivity contribution in [3.8, 4) is 0 Å². The second kappa shape index (κ2) is 7.73. The van der Waals surface area contributed by atoms with Crippen LogP contribution in [0.2, 0.25) is 0 Å². The third kappa shape index (κ3) is 4.41. The summed E-state index contributed by atoms with van der Waals surface area (Å²) in [4.78, 5) is 11.7. The number of rotatable bonds is 6. The standard InChI is InChI=1S/C19H27N3O/c1-15(2)19-21-17(14-23-19)13-22-12-6-4-8-18(22)10-9-16-7-3-5-11-20-16/h3,5,7,11,14-15,18H,4,6,8-10,12-13H2,1-2H3/t18-/m0/s1. The number of aryl methyl sites for hydroxylation is 1. The highest BCUT2D eigenvalue weighted by molar-refractivity contribution is 5.04. The van der Waals surface area contributed by atoms with Crippen LogP contribution in [0.25, 0.3) is 0 Å². The van der Waals surface area contributed by atoms with Crippen LogP contribution in [-0.4, -0.2) is 27.5 Å². The van der Waals surface area contributed by atoms with Crippen LogP contribution in [0.15, 0.2) is 35.1 Å². The van der Waals surface area contributed by atoms with Crippen LogP contribution in [-0.2, 0) is 13.0 Å². The molecule has 1 saturated heterocycles. The van der Waals surface area contributed by atoms with Gasteiger partial charge in [0.05, 0.1) is 5.69 Å². The van der Waals surface area contributed by atoms with Crippen LogP contribution in [0.3, 0.4) is 0 Å². The molecule has 0 unspecified atom stereocenters. The molecule has 23 heavy (non-hydrogen) atoms. The smallest absolute Gasteiger partial charge is 0.196 e. The lowest BCUT2D eigenvalue weighted by Gasteiger charge is -2.35. The molecular weight excluding hydrogens is 286 g/mol. The van der Waals surface area contributed by atoms with Gasteiger partial charge in [-0.15, -0.1) is 0 Å². The normalized spacial score (nSPS) is 19.3. The Kier molecular flexibility index (Phi) is 5.44. The summed E-state index contributed by atoms with van der Waals surface area (Å²) >= 11 is 0. The number of hydrogen-bond donors (Lipinski definition) is 0. The number of pyridine rings is 1. The molecule has 4 nitrogen and oxygen atoms in total. The summed E-state index contributed by atoms with van der Waals surface area (Å²) in [6.45, 7) is 6.30. The summed E-state index contributed by atoms with van der Waals surface area (Å²) < 4.78 is 5.58. The molecule has 0 radical (unpaired) electrons. The molecule has 4 heteroatoms. The largest absolute Gasteiger partial charge is 0.448 e. The lowest BCUT2D eigenvalue weighted by atomic mass is 9.97. The molecule has 2 aromatic rings. The fraction of sp³-hybridized carbons (Fsp3) is 0.579. The minimum Gasteiger partial charge on any atom is -0.448 e. The molecule has 0 bridgehead atoms. The topological polar surface area (TPSA) is 42.2 Å². The molecule has 0 spiro atoms. The highest BCUT2D eigenvalue weighted by Gasteiger charge is 2.23. The Labute approximate surface area is 138 Å². The van der Waals surface area contributed by atoms with Gasteiger partial charge >= 0.3 is 0 Å². The van der Waals surface area contributed by atoms with Crippen molar-refractivity contribution in [3.05, 3.63) is 47.9 Å².